The molecule has 6 nitrogen and oxygen atoms in total. The molecular weight excluding hydrogens is 320 g/mol. The van der Waals surface area contributed by atoms with Crippen LogP contribution in [0.2, 0.25) is 0 Å². The first-order valence-corrected chi connectivity index (χ1v) is 8.42. The average molecular weight is 342 g/mol. The van der Waals surface area contributed by atoms with Crippen molar-refractivity contribution in [1.29, 1.82) is 0 Å². The standard InChI is InChI=1S/C19H22N2O4/c22-13-15-5-3-14(4-6-15)7-8-20-19(24)16-10-18(23)21(11-16)12-17-2-1-9-25-17/h1-6,9,16,22H,7-8,10-13H2,(H,20,24). The lowest BCUT2D eigenvalue weighted by Gasteiger charge is -2.15. The van der Waals surface area contributed by atoms with Crippen molar-refractivity contribution in [2.24, 2.45) is 5.92 Å². The Morgan fingerprint density at radius 1 is 1.24 bits per heavy atom. The van der Waals surface area contributed by atoms with E-state index in [2.05, 4.69) is 5.32 Å². The number of benzene rings is 1. The lowest BCUT2D eigenvalue weighted by Crippen LogP contribution is -2.34. The van der Waals surface area contributed by atoms with Gasteiger partial charge in [-0.1, -0.05) is 24.3 Å². The third kappa shape index (κ3) is 4.48. The van der Waals surface area contributed by atoms with Gasteiger partial charge in [-0.25, -0.2) is 0 Å². The number of rotatable bonds is 7. The third-order valence-corrected chi connectivity index (χ3v) is 4.43. The number of furan rings is 1. The minimum atomic E-state index is -0.306. The van der Waals surface area contributed by atoms with Crippen LogP contribution in [-0.4, -0.2) is 34.9 Å². The van der Waals surface area contributed by atoms with Crippen molar-refractivity contribution in [3.63, 3.8) is 0 Å². The summed E-state index contributed by atoms with van der Waals surface area (Å²) in [6.07, 6.45) is 2.54. The molecule has 2 heterocycles. The number of amides is 2. The first-order valence-electron chi connectivity index (χ1n) is 8.42. The summed E-state index contributed by atoms with van der Waals surface area (Å²) in [6, 6.07) is 11.2. The van der Waals surface area contributed by atoms with E-state index >= 15 is 0 Å². The minimum absolute atomic E-state index is 0.0175. The average Bonchev–Trinajstić information content (AvgIpc) is 3.26. The number of carbonyl (C=O) groups is 2. The van der Waals surface area contributed by atoms with Gasteiger partial charge >= 0.3 is 0 Å². The van der Waals surface area contributed by atoms with E-state index in [9.17, 15) is 9.59 Å². The van der Waals surface area contributed by atoms with Gasteiger partial charge in [0.05, 0.1) is 25.3 Å². The summed E-state index contributed by atoms with van der Waals surface area (Å²) in [4.78, 5) is 26.0. The predicted molar refractivity (Wildman–Crippen MR) is 91.3 cm³/mol. The highest BCUT2D eigenvalue weighted by atomic mass is 16.3. The van der Waals surface area contributed by atoms with Crippen molar-refractivity contribution in [1.82, 2.24) is 10.2 Å². The summed E-state index contributed by atoms with van der Waals surface area (Å²) in [5.41, 5.74) is 1.97. The van der Waals surface area contributed by atoms with Gasteiger partial charge < -0.3 is 19.7 Å². The van der Waals surface area contributed by atoms with Crippen LogP contribution in [0.1, 0.15) is 23.3 Å². The molecule has 0 spiro atoms. The lowest BCUT2D eigenvalue weighted by atomic mass is 10.1. The molecule has 1 aromatic heterocycles. The fourth-order valence-electron chi connectivity index (χ4n) is 2.98. The van der Waals surface area contributed by atoms with E-state index in [4.69, 9.17) is 9.52 Å². The van der Waals surface area contributed by atoms with Crippen LogP contribution >= 0.6 is 0 Å². The fourth-order valence-corrected chi connectivity index (χ4v) is 2.98. The van der Waals surface area contributed by atoms with Crippen LogP contribution in [0.5, 0.6) is 0 Å². The summed E-state index contributed by atoms with van der Waals surface area (Å²) in [5, 5.41) is 11.9. The quantitative estimate of drug-likeness (QED) is 0.798. The molecule has 1 aromatic carbocycles. The number of aliphatic hydroxyl groups is 1. The molecule has 1 fully saturated rings. The molecule has 6 heteroatoms. The highest BCUT2D eigenvalue weighted by Crippen LogP contribution is 2.20. The van der Waals surface area contributed by atoms with Crippen molar-refractivity contribution >= 4 is 11.8 Å². The number of hydrogen-bond acceptors (Lipinski definition) is 4. The van der Waals surface area contributed by atoms with Crippen molar-refractivity contribution in [2.45, 2.75) is 26.0 Å². The Bertz CT molecular complexity index is 710. The summed E-state index contributed by atoms with van der Waals surface area (Å²) in [5.74, 6) is 0.318. The van der Waals surface area contributed by atoms with Gasteiger partial charge in [0.25, 0.3) is 0 Å². The van der Waals surface area contributed by atoms with E-state index < -0.39 is 0 Å². The number of likely N-dealkylation sites (tertiary alicyclic amines) is 1. The Morgan fingerprint density at radius 3 is 2.68 bits per heavy atom. The van der Waals surface area contributed by atoms with Crippen LogP contribution in [0.15, 0.2) is 47.1 Å². The third-order valence-electron chi connectivity index (χ3n) is 4.43. The number of nitrogens with one attached hydrogen (secondary N) is 1. The number of carbonyl (C=O) groups excluding carboxylic acids is 2. The molecule has 0 saturated carbocycles. The highest BCUT2D eigenvalue weighted by molar-refractivity contribution is 5.89. The number of hydrogen-bond donors (Lipinski definition) is 2. The van der Waals surface area contributed by atoms with E-state index in [1.165, 1.54) is 0 Å². The normalized spacial score (nSPS) is 17.1. The molecule has 1 unspecified atom stereocenters. The van der Waals surface area contributed by atoms with Gasteiger partial charge in [-0.15, -0.1) is 0 Å². The Balaban J connectivity index is 1.44. The maximum atomic E-state index is 12.3. The van der Waals surface area contributed by atoms with Crippen LogP contribution in [0, 0.1) is 5.92 Å². The second-order valence-electron chi connectivity index (χ2n) is 6.27. The van der Waals surface area contributed by atoms with Crippen LogP contribution in [-0.2, 0) is 29.2 Å². The fraction of sp³-hybridized carbons (Fsp3) is 0.368. The van der Waals surface area contributed by atoms with Gasteiger partial charge in [-0.05, 0) is 29.7 Å². The lowest BCUT2D eigenvalue weighted by molar-refractivity contribution is -0.129. The van der Waals surface area contributed by atoms with E-state index in [0.29, 0.717) is 26.1 Å². The molecule has 1 aliphatic rings. The maximum Gasteiger partial charge on any atom is 0.225 e. The second kappa shape index (κ2) is 7.98. The number of nitrogens with zero attached hydrogens (tertiary/aromatic N) is 1. The molecule has 132 valence electrons. The Labute approximate surface area is 146 Å². The number of aliphatic hydroxyl groups excluding tert-OH is 1. The highest BCUT2D eigenvalue weighted by Gasteiger charge is 2.34. The summed E-state index contributed by atoms with van der Waals surface area (Å²) in [7, 11) is 0. The van der Waals surface area contributed by atoms with Crippen molar-refractivity contribution in [3.05, 3.63) is 59.5 Å². The van der Waals surface area contributed by atoms with Crippen LogP contribution in [0.4, 0.5) is 0 Å². The van der Waals surface area contributed by atoms with Crippen LogP contribution < -0.4 is 5.32 Å². The van der Waals surface area contributed by atoms with Crippen LogP contribution in [0.3, 0.4) is 0 Å². The molecule has 2 amide bonds. The zero-order valence-corrected chi connectivity index (χ0v) is 14.0. The van der Waals surface area contributed by atoms with Gasteiger partial charge in [-0.3, -0.25) is 9.59 Å². The molecule has 0 radical (unpaired) electrons. The maximum absolute atomic E-state index is 12.3. The van der Waals surface area contributed by atoms with E-state index in [1.54, 1.807) is 17.2 Å². The largest absolute Gasteiger partial charge is 0.467 e. The van der Waals surface area contributed by atoms with Crippen LogP contribution in [0.25, 0.3) is 0 Å². The molecule has 1 aliphatic heterocycles. The first kappa shape index (κ1) is 17.2. The van der Waals surface area contributed by atoms with Gasteiger partial charge in [0, 0.05) is 19.5 Å². The van der Waals surface area contributed by atoms with Crippen molar-refractivity contribution in [2.75, 3.05) is 13.1 Å². The zero-order valence-electron chi connectivity index (χ0n) is 14.0. The van der Waals surface area contributed by atoms with Gasteiger partial charge in [-0.2, -0.15) is 0 Å². The molecule has 2 aromatic rings. The van der Waals surface area contributed by atoms with E-state index in [1.807, 2.05) is 30.3 Å². The SMILES string of the molecule is O=C(NCCc1ccc(CO)cc1)C1CC(=O)N(Cc2ccco2)C1. The summed E-state index contributed by atoms with van der Waals surface area (Å²) in [6.45, 7) is 1.39. The molecule has 25 heavy (non-hydrogen) atoms. The van der Waals surface area contributed by atoms with E-state index in [-0.39, 0.29) is 30.8 Å². The topological polar surface area (TPSA) is 82.8 Å². The molecule has 2 N–H and O–H groups in total. The Hall–Kier alpha value is -2.60. The Kier molecular flexibility index (Phi) is 5.50. The molecule has 3 rings (SSSR count). The summed E-state index contributed by atoms with van der Waals surface area (Å²) < 4.78 is 5.26. The molecule has 1 saturated heterocycles. The van der Waals surface area contributed by atoms with E-state index in [0.717, 1.165) is 16.9 Å². The first-order chi connectivity index (χ1) is 12.2. The smallest absolute Gasteiger partial charge is 0.225 e. The second-order valence-corrected chi connectivity index (χ2v) is 6.27. The molecular formula is C19H22N2O4. The predicted octanol–water partition coefficient (Wildman–Crippen LogP) is 1.48. The summed E-state index contributed by atoms with van der Waals surface area (Å²) >= 11 is 0. The van der Waals surface area contributed by atoms with Gasteiger partial charge in [0.15, 0.2) is 0 Å². The van der Waals surface area contributed by atoms with Gasteiger partial charge in [0.1, 0.15) is 5.76 Å². The Morgan fingerprint density at radius 2 is 2.00 bits per heavy atom. The zero-order chi connectivity index (χ0) is 17.6. The monoisotopic (exact) mass is 342 g/mol. The van der Waals surface area contributed by atoms with Gasteiger partial charge in [0.2, 0.25) is 11.8 Å². The van der Waals surface area contributed by atoms with Crippen molar-refractivity contribution < 1.29 is 19.1 Å². The minimum Gasteiger partial charge on any atom is -0.467 e. The molecule has 1 atom stereocenters. The van der Waals surface area contributed by atoms with Crippen molar-refractivity contribution in [3.8, 4) is 0 Å². The molecule has 0 bridgehead atoms. The molecule has 0 aliphatic carbocycles.